The van der Waals surface area contributed by atoms with Crippen LogP contribution in [0, 0.1) is 5.82 Å². The molecule has 1 aliphatic rings. The minimum Gasteiger partial charge on any atom is -0.452 e. The molecular formula is C20H16Cl2FNO3. The highest BCUT2D eigenvalue weighted by Crippen LogP contribution is 2.25. The number of carbonyl (C=O) groups excluding carboxylic acids is 2. The van der Waals surface area contributed by atoms with E-state index in [0.29, 0.717) is 13.1 Å². The number of rotatable bonds is 4. The van der Waals surface area contributed by atoms with Crippen molar-refractivity contribution in [3.05, 3.63) is 75.5 Å². The van der Waals surface area contributed by atoms with Crippen LogP contribution < -0.4 is 0 Å². The Kier molecular flexibility index (Phi) is 6.14. The number of carbonyl (C=O) groups is 2. The third-order valence-corrected chi connectivity index (χ3v) is 4.87. The lowest BCUT2D eigenvalue weighted by Gasteiger charge is -2.26. The van der Waals surface area contributed by atoms with Gasteiger partial charge in [0.1, 0.15) is 5.82 Å². The lowest BCUT2D eigenvalue weighted by Crippen LogP contribution is -2.37. The van der Waals surface area contributed by atoms with Gasteiger partial charge in [-0.1, -0.05) is 59.6 Å². The Hall–Kier alpha value is -2.37. The van der Waals surface area contributed by atoms with Gasteiger partial charge in [0.05, 0.1) is 15.6 Å². The molecule has 2 aromatic carbocycles. The SMILES string of the molecule is O=C(OCC(=O)N1CC=C(c2ccccc2)CC1)c1cc(F)c(Cl)cc1Cl. The fourth-order valence-corrected chi connectivity index (χ4v) is 3.25. The van der Waals surface area contributed by atoms with Crippen molar-refractivity contribution in [2.45, 2.75) is 6.42 Å². The summed E-state index contributed by atoms with van der Waals surface area (Å²) in [5, 5.41) is -0.228. The molecule has 0 aliphatic carbocycles. The summed E-state index contributed by atoms with van der Waals surface area (Å²) in [5.74, 6) is -1.98. The molecule has 0 radical (unpaired) electrons. The van der Waals surface area contributed by atoms with Crippen molar-refractivity contribution in [2.75, 3.05) is 19.7 Å². The molecule has 0 N–H and O–H groups in total. The van der Waals surface area contributed by atoms with E-state index in [0.717, 1.165) is 24.1 Å². The van der Waals surface area contributed by atoms with Crippen LogP contribution in [0.5, 0.6) is 0 Å². The molecule has 0 fully saturated rings. The second-order valence-corrected chi connectivity index (χ2v) is 6.82. The van der Waals surface area contributed by atoms with Crippen LogP contribution >= 0.6 is 23.2 Å². The van der Waals surface area contributed by atoms with Gasteiger partial charge in [-0.15, -0.1) is 0 Å². The molecule has 3 rings (SSSR count). The zero-order chi connectivity index (χ0) is 19.4. The average Bonchev–Trinajstić information content (AvgIpc) is 2.69. The number of amides is 1. The highest BCUT2D eigenvalue weighted by atomic mass is 35.5. The molecule has 0 atom stereocenters. The van der Waals surface area contributed by atoms with E-state index in [1.807, 2.05) is 36.4 Å². The van der Waals surface area contributed by atoms with Crippen molar-refractivity contribution >= 4 is 40.7 Å². The maximum Gasteiger partial charge on any atom is 0.340 e. The lowest BCUT2D eigenvalue weighted by molar-refractivity contribution is -0.134. The predicted octanol–water partition coefficient (Wildman–Crippen LogP) is 4.61. The molecule has 1 amide bonds. The average molecular weight is 408 g/mol. The maximum absolute atomic E-state index is 13.5. The molecule has 140 valence electrons. The first-order valence-corrected chi connectivity index (χ1v) is 9.05. The third-order valence-electron chi connectivity index (χ3n) is 4.26. The summed E-state index contributed by atoms with van der Waals surface area (Å²) in [6, 6.07) is 12.0. The Morgan fingerprint density at radius 2 is 1.85 bits per heavy atom. The van der Waals surface area contributed by atoms with Crippen LogP contribution in [-0.4, -0.2) is 36.5 Å². The molecule has 27 heavy (non-hydrogen) atoms. The molecule has 4 nitrogen and oxygen atoms in total. The summed E-state index contributed by atoms with van der Waals surface area (Å²) in [6.07, 6.45) is 2.71. The summed E-state index contributed by atoms with van der Waals surface area (Å²) in [4.78, 5) is 25.9. The smallest absolute Gasteiger partial charge is 0.340 e. The van der Waals surface area contributed by atoms with E-state index in [9.17, 15) is 14.0 Å². The number of esters is 1. The van der Waals surface area contributed by atoms with Crippen molar-refractivity contribution in [1.29, 1.82) is 0 Å². The van der Waals surface area contributed by atoms with Gasteiger partial charge in [-0.3, -0.25) is 4.79 Å². The molecule has 7 heteroatoms. The first-order chi connectivity index (χ1) is 13.0. The number of ether oxygens (including phenoxy) is 1. The van der Waals surface area contributed by atoms with E-state index in [-0.39, 0.29) is 21.5 Å². The minimum atomic E-state index is -0.874. The quantitative estimate of drug-likeness (QED) is 0.549. The molecule has 0 spiro atoms. The van der Waals surface area contributed by atoms with Gasteiger partial charge in [0.2, 0.25) is 0 Å². The van der Waals surface area contributed by atoms with Crippen molar-refractivity contribution in [1.82, 2.24) is 4.90 Å². The van der Waals surface area contributed by atoms with E-state index in [2.05, 4.69) is 0 Å². The first-order valence-electron chi connectivity index (χ1n) is 8.29. The highest BCUT2D eigenvalue weighted by Gasteiger charge is 2.21. The van der Waals surface area contributed by atoms with Gasteiger partial charge < -0.3 is 9.64 Å². The van der Waals surface area contributed by atoms with Gasteiger partial charge in [0.15, 0.2) is 6.61 Å². The molecule has 0 saturated carbocycles. The van der Waals surface area contributed by atoms with Crippen molar-refractivity contribution < 1.29 is 18.7 Å². The molecule has 0 unspecified atom stereocenters. The second kappa shape index (κ2) is 8.55. The fraction of sp³-hybridized carbons (Fsp3) is 0.200. The standard InChI is InChI=1S/C20H16Cl2FNO3/c21-16-11-17(22)18(23)10-15(16)20(26)27-12-19(25)24-8-6-14(7-9-24)13-4-2-1-3-5-13/h1-6,10-11H,7-9,12H2. The van der Waals surface area contributed by atoms with Crippen molar-refractivity contribution in [3.63, 3.8) is 0 Å². The Bertz CT molecular complexity index is 900. The monoisotopic (exact) mass is 407 g/mol. The summed E-state index contributed by atoms with van der Waals surface area (Å²) in [7, 11) is 0. The summed E-state index contributed by atoms with van der Waals surface area (Å²) in [6.45, 7) is 0.540. The molecular weight excluding hydrogens is 392 g/mol. The Balaban J connectivity index is 1.57. The minimum absolute atomic E-state index is 0.0349. The molecule has 1 aliphatic heterocycles. The maximum atomic E-state index is 13.5. The Morgan fingerprint density at radius 3 is 2.52 bits per heavy atom. The van der Waals surface area contributed by atoms with Gasteiger partial charge >= 0.3 is 5.97 Å². The van der Waals surface area contributed by atoms with E-state index in [1.54, 1.807) is 4.90 Å². The number of benzene rings is 2. The van der Waals surface area contributed by atoms with Crippen LogP contribution in [0.2, 0.25) is 10.0 Å². The highest BCUT2D eigenvalue weighted by molar-refractivity contribution is 6.36. The van der Waals surface area contributed by atoms with E-state index in [1.165, 1.54) is 5.57 Å². The predicted molar refractivity (Wildman–Crippen MR) is 102 cm³/mol. The Morgan fingerprint density at radius 1 is 1.11 bits per heavy atom. The topological polar surface area (TPSA) is 46.6 Å². The number of halogens is 3. The summed E-state index contributed by atoms with van der Waals surface area (Å²) < 4.78 is 18.5. The molecule has 0 saturated heterocycles. The molecule has 2 aromatic rings. The van der Waals surface area contributed by atoms with Crippen molar-refractivity contribution in [3.8, 4) is 0 Å². The molecule has 0 bridgehead atoms. The van der Waals surface area contributed by atoms with Crippen LogP contribution in [0.1, 0.15) is 22.3 Å². The number of nitrogens with zero attached hydrogens (tertiary/aromatic N) is 1. The zero-order valence-electron chi connectivity index (χ0n) is 14.3. The van der Waals surface area contributed by atoms with Gasteiger partial charge in [-0.25, -0.2) is 9.18 Å². The summed E-state index contributed by atoms with van der Waals surface area (Å²) in [5.41, 5.74) is 2.15. The van der Waals surface area contributed by atoms with Crippen LogP contribution in [0.3, 0.4) is 0 Å². The molecule has 1 heterocycles. The van der Waals surface area contributed by atoms with Crippen LogP contribution in [0.25, 0.3) is 5.57 Å². The first kappa shape index (κ1) is 19.4. The van der Waals surface area contributed by atoms with Gasteiger partial charge in [-0.2, -0.15) is 0 Å². The largest absolute Gasteiger partial charge is 0.452 e. The second-order valence-electron chi connectivity index (χ2n) is 6.01. The number of hydrogen-bond acceptors (Lipinski definition) is 3. The van der Waals surface area contributed by atoms with Crippen LogP contribution in [0.4, 0.5) is 4.39 Å². The Labute approximate surface area is 166 Å². The zero-order valence-corrected chi connectivity index (χ0v) is 15.8. The van der Waals surface area contributed by atoms with Crippen molar-refractivity contribution in [2.24, 2.45) is 0 Å². The van der Waals surface area contributed by atoms with E-state index >= 15 is 0 Å². The third kappa shape index (κ3) is 4.67. The van der Waals surface area contributed by atoms with Gasteiger partial charge in [0.25, 0.3) is 5.91 Å². The molecule has 0 aromatic heterocycles. The lowest BCUT2D eigenvalue weighted by atomic mass is 10.00. The number of hydrogen-bond donors (Lipinski definition) is 0. The van der Waals surface area contributed by atoms with Gasteiger partial charge in [-0.05, 0) is 29.7 Å². The van der Waals surface area contributed by atoms with Crippen LogP contribution in [-0.2, 0) is 9.53 Å². The van der Waals surface area contributed by atoms with E-state index < -0.39 is 18.4 Å². The van der Waals surface area contributed by atoms with Gasteiger partial charge in [0, 0.05) is 13.1 Å². The fourth-order valence-electron chi connectivity index (χ4n) is 2.79. The normalized spacial score (nSPS) is 13.9. The summed E-state index contributed by atoms with van der Waals surface area (Å²) >= 11 is 11.5. The van der Waals surface area contributed by atoms with Crippen LogP contribution in [0.15, 0.2) is 48.5 Å². The van der Waals surface area contributed by atoms with E-state index in [4.69, 9.17) is 27.9 Å².